The standard InChI is InChI=1S/C19H28O6/c1-17(2)19(20)25-15-14-23-11-10-21-8-9-22-12-13-24-16-18-6-4-3-5-7-18/h3-7H,1,8-16H2,2H3. The Bertz CT molecular complexity index is 474. The van der Waals surface area contributed by atoms with Crippen LogP contribution in [0.25, 0.3) is 0 Å². The number of carbonyl (C=O) groups is 1. The van der Waals surface area contributed by atoms with Gasteiger partial charge in [-0.2, -0.15) is 0 Å². The lowest BCUT2D eigenvalue weighted by atomic mass is 10.2. The molecular weight excluding hydrogens is 324 g/mol. The third kappa shape index (κ3) is 12.3. The van der Waals surface area contributed by atoms with Crippen LogP contribution >= 0.6 is 0 Å². The molecule has 1 aromatic rings. The van der Waals surface area contributed by atoms with Crippen LogP contribution in [-0.2, 0) is 35.1 Å². The van der Waals surface area contributed by atoms with Gasteiger partial charge in [0, 0.05) is 5.57 Å². The zero-order chi connectivity index (χ0) is 18.2. The first-order valence-electron chi connectivity index (χ1n) is 8.37. The molecule has 0 saturated carbocycles. The number of hydrogen-bond donors (Lipinski definition) is 0. The summed E-state index contributed by atoms with van der Waals surface area (Å²) in [5.74, 6) is -0.398. The van der Waals surface area contributed by atoms with E-state index in [2.05, 4.69) is 6.58 Å². The molecular formula is C19H28O6. The molecule has 0 atom stereocenters. The maximum atomic E-state index is 11.1. The fourth-order valence-corrected chi connectivity index (χ4v) is 1.74. The fraction of sp³-hybridized carbons (Fsp3) is 0.526. The Morgan fingerprint density at radius 1 is 0.800 bits per heavy atom. The predicted molar refractivity (Wildman–Crippen MR) is 94.3 cm³/mol. The summed E-state index contributed by atoms with van der Waals surface area (Å²) in [7, 11) is 0. The van der Waals surface area contributed by atoms with Crippen molar-refractivity contribution in [1.29, 1.82) is 0 Å². The van der Waals surface area contributed by atoms with Crippen molar-refractivity contribution in [3.8, 4) is 0 Å². The van der Waals surface area contributed by atoms with Crippen LogP contribution in [0.15, 0.2) is 42.5 Å². The lowest BCUT2D eigenvalue weighted by Gasteiger charge is -2.08. The van der Waals surface area contributed by atoms with Gasteiger partial charge in [0.05, 0.1) is 52.9 Å². The van der Waals surface area contributed by atoms with E-state index in [4.69, 9.17) is 23.7 Å². The summed E-state index contributed by atoms with van der Waals surface area (Å²) < 4.78 is 26.4. The van der Waals surface area contributed by atoms with E-state index in [1.54, 1.807) is 6.92 Å². The van der Waals surface area contributed by atoms with E-state index >= 15 is 0 Å². The van der Waals surface area contributed by atoms with Crippen molar-refractivity contribution in [1.82, 2.24) is 0 Å². The summed E-state index contributed by atoms with van der Waals surface area (Å²) in [4.78, 5) is 11.1. The van der Waals surface area contributed by atoms with Gasteiger partial charge in [0.15, 0.2) is 0 Å². The summed E-state index contributed by atoms with van der Waals surface area (Å²) in [6.07, 6.45) is 0. The number of benzene rings is 1. The van der Waals surface area contributed by atoms with Gasteiger partial charge in [0.1, 0.15) is 6.61 Å². The smallest absolute Gasteiger partial charge is 0.333 e. The first kappa shape index (κ1) is 21.3. The molecule has 0 heterocycles. The molecule has 0 bridgehead atoms. The Kier molecular flexibility index (Phi) is 12.4. The normalized spacial score (nSPS) is 10.6. The number of esters is 1. The minimum absolute atomic E-state index is 0.220. The van der Waals surface area contributed by atoms with Crippen molar-refractivity contribution in [2.45, 2.75) is 13.5 Å². The van der Waals surface area contributed by atoms with Gasteiger partial charge in [-0.05, 0) is 12.5 Å². The summed E-state index contributed by atoms with van der Waals surface area (Å²) in [6.45, 7) is 9.31. The second-order valence-electron chi connectivity index (χ2n) is 5.29. The largest absolute Gasteiger partial charge is 0.460 e. The third-order valence-corrected chi connectivity index (χ3v) is 3.04. The highest BCUT2D eigenvalue weighted by atomic mass is 16.6. The van der Waals surface area contributed by atoms with Crippen LogP contribution in [0.2, 0.25) is 0 Å². The minimum Gasteiger partial charge on any atom is -0.460 e. The maximum Gasteiger partial charge on any atom is 0.333 e. The van der Waals surface area contributed by atoms with E-state index in [0.29, 0.717) is 58.4 Å². The minimum atomic E-state index is -0.398. The van der Waals surface area contributed by atoms with Crippen molar-refractivity contribution < 1.29 is 28.5 Å². The number of hydrogen-bond acceptors (Lipinski definition) is 6. The second kappa shape index (κ2) is 14.6. The molecule has 0 unspecified atom stereocenters. The zero-order valence-corrected chi connectivity index (χ0v) is 14.9. The molecule has 0 aliphatic carbocycles. The molecule has 0 amide bonds. The topological polar surface area (TPSA) is 63.2 Å². The Morgan fingerprint density at radius 3 is 1.80 bits per heavy atom. The van der Waals surface area contributed by atoms with E-state index < -0.39 is 5.97 Å². The third-order valence-electron chi connectivity index (χ3n) is 3.04. The quantitative estimate of drug-likeness (QED) is 0.274. The molecule has 0 aromatic heterocycles. The van der Waals surface area contributed by atoms with Crippen LogP contribution in [0.4, 0.5) is 0 Å². The highest BCUT2D eigenvalue weighted by Crippen LogP contribution is 1.99. The van der Waals surface area contributed by atoms with Crippen LogP contribution in [-0.4, -0.2) is 58.8 Å². The van der Waals surface area contributed by atoms with Crippen molar-refractivity contribution in [2.75, 3.05) is 52.9 Å². The van der Waals surface area contributed by atoms with E-state index in [0.717, 1.165) is 5.56 Å². The molecule has 0 aliphatic heterocycles. The van der Waals surface area contributed by atoms with Gasteiger partial charge in [-0.1, -0.05) is 36.9 Å². The predicted octanol–water partition coefficient (Wildman–Crippen LogP) is 2.37. The molecule has 0 N–H and O–H groups in total. The van der Waals surface area contributed by atoms with Crippen molar-refractivity contribution in [2.24, 2.45) is 0 Å². The summed E-state index contributed by atoms with van der Waals surface area (Å²) in [5.41, 5.74) is 1.54. The molecule has 1 rings (SSSR count). The van der Waals surface area contributed by atoms with Crippen LogP contribution in [0, 0.1) is 0 Å². The second-order valence-corrected chi connectivity index (χ2v) is 5.29. The van der Waals surface area contributed by atoms with Crippen molar-refractivity contribution in [3.05, 3.63) is 48.0 Å². The molecule has 0 spiro atoms. The fourth-order valence-electron chi connectivity index (χ4n) is 1.74. The number of rotatable bonds is 15. The molecule has 25 heavy (non-hydrogen) atoms. The first-order chi connectivity index (χ1) is 12.2. The van der Waals surface area contributed by atoms with Crippen molar-refractivity contribution >= 4 is 5.97 Å². The molecule has 0 aliphatic rings. The molecule has 1 aromatic carbocycles. The van der Waals surface area contributed by atoms with Gasteiger partial charge in [-0.3, -0.25) is 0 Å². The first-order valence-corrected chi connectivity index (χ1v) is 8.37. The van der Waals surface area contributed by atoms with Gasteiger partial charge in [-0.25, -0.2) is 4.79 Å². The van der Waals surface area contributed by atoms with Gasteiger partial charge in [-0.15, -0.1) is 0 Å². The molecule has 0 saturated heterocycles. The van der Waals surface area contributed by atoms with Crippen LogP contribution < -0.4 is 0 Å². The molecule has 6 nitrogen and oxygen atoms in total. The van der Waals surface area contributed by atoms with E-state index in [1.807, 2.05) is 30.3 Å². The summed E-state index contributed by atoms with van der Waals surface area (Å²) in [5, 5.41) is 0. The monoisotopic (exact) mass is 352 g/mol. The molecule has 6 heteroatoms. The van der Waals surface area contributed by atoms with Crippen molar-refractivity contribution in [3.63, 3.8) is 0 Å². The van der Waals surface area contributed by atoms with E-state index in [1.165, 1.54) is 0 Å². The highest BCUT2D eigenvalue weighted by Gasteiger charge is 2.01. The number of ether oxygens (including phenoxy) is 5. The van der Waals surface area contributed by atoms with Gasteiger partial charge < -0.3 is 23.7 Å². The van der Waals surface area contributed by atoms with Gasteiger partial charge in [0.25, 0.3) is 0 Å². The van der Waals surface area contributed by atoms with Gasteiger partial charge >= 0.3 is 5.97 Å². The molecule has 140 valence electrons. The molecule has 0 radical (unpaired) electrons. The molecule has 0 fully saturated rings. The van der Waals surface area contributed by atoms with Crippen LogP contribution in [0.3, 0.4) is 0 Å². The SMILES string of the molecule is C=C(C)C(=O)OCCOCCOCCOCCOCc1ccccc1. The Labute approximate surface area is 149 Å². The Hall–Kier alpha value is -1.73. The van der Waals surface area contributed by atoms with E-state index in [-0.39, 0.29) is 6.61 Å². The lowest BCUT2D eigenvalue weighted by molar-refractivity contribution is -0.140. The summed E-state index contributed by atoms with van der Waals surface area (Å²) >= 11 is 0. The van der Waals surface area contributed by atoms with E-state index in [9.17, 15) is 4.79 Å². The summed E-state index contributed by atoms with van der Waals surface area (Å²) in [6, 6.07) is 10.0. The van der Waals surface area contributed by atoms with Gasteiger partial charge in [0.2, 0.25) is 0 Å². The maximum absolute atomic E-state index is 11.1. The zero-order valence-electron chi connectivity index (χ0n) is 14.9. The average molecular weight is 352 g/mol. The number of carbonyl (C=O) groups excluding carboxylic acids is 1. The average Bonchev–Trinajstić information content (AvgIpc) is 2.62. The van der Waals surface area contributed by atoms with Crippen LogP contribution in [0.5, 0.6) is 0 Å². The Morgan fingerprint density at radius 2 is 1.28 bits per heavy atom. The highest BCUT2D eigenvalue weighted by molar-refractivity contribution is 5.86. The Balaban J connectivity index is 1.76. The van der Waals surface area contributed by atoms with Crippen LogP contribution in [0.1, 0.15) is 12.5 Å². The lowest BCUT2D eigenvalue weighted by Crippen LogP contribution is -2.14.